The maximum Gasteiger partial charge on any atom is 0.337 e. The van der Waals surface area contributed by atoms with E-state index >= 15 is 0 Å². The zero-order valence-corrected chi connectivity index (χ0v) is 17.8. The minimum Gasteiger partial charge on any atom is -0.465 e. The number of hydrogen-bond donors (Lipinski definition) is 2. The number of aryl methyl sites for hydroxylation is 1. The van der Waals surface area contributed by atoms with Crippen LogP contribution in [0.5, 0.6) is 0 Å². The number of halogens is 1. The highest BCUT2D eigenvalue weighted by Gasteiger charge is 2.26. The quantitative estimate of drug-likeness (QED) is 0.658. The lowest BCUT2D eigenvalue weighted by Crippen LogP contribution is -2.47. The van der Waals surface area contributed by atoms with Gasteiger partial charge in [-0.2, -0.15) is 0 Å². The third-order valence-electron chi connectivity index (χ3n) is 4.27. The van der Waals surface area contributed by atoms with Crippen LogP contribution in [0.1, 0.15) is 40.1 Å². The predicted molar refractivity (Wildman–Crippen MR) is 111 cm³/mol. The maximum atomic E-state index is 12.9. The summed E-state index contributed by atoms with van der Waals surface area (Å²) in [6.45, 7) is 5.52. The van der Waals surface area contributed by atoms with Gasteiger partial charge in [-0.25, -0.2) is 4.79 Å². The lowest BCUT2D eigenvalue weighted by atomic mass is 10.0. The first-order chi connectivity index (χ1) is 13.2. The number of esters is 1. The second-order valence-electron chi connectivity index (χ2n) is 6.69. The van der Waals surface area contributed by atoms with Gasteiger partial charge in [0, 0.05) is 10.2 Å². The van der Waals surface area contributed by atoms with Crippen molar-refractivity contribution in [2.24, 2.45) is 5.92 Å². The minimum absolute atomic E-state index is 0.143. The van der Waals surface area contributed by atoms with Crippen LogP contribution in [0.2, 0.25) is 0 Å². The second-order valence-corrected chi connectivity index (χ2v) is 7.54. The van der Waals surface area contributed by atoms with Gasteiger partial charge in [0.15, 0.2) is 0 Å². The van der Waals surface area contributed by atoms with Crippen LogP contribution in [-0.4, -0.2) is 30.9 Å². The highest BCUT2D eigenvalue weighted by molar-refractivity contribution is 9.10. The monoisotopic (exact) mass is 446 g/mol. The fourth-order valence-electron chi connectivity index (χ4n) is 2.61. The molecule has 0 radical (unpaired) electrons. The Labute approximate surface area is 172 Å². The molecule has 0 heterocycles. The molecular formula is C21H23BrN2O4. The van der Waals surface area contributed by atoms with E-state index in [2.05, 4.69) is 26.6 Å². The van der Waals surface area contributed by atoms with E-state index in [0.29, 0.717) is 21.3 Å². The van der Waals surface area contributed by atoms with Crippen LogP contribution in [0.4, 0.5) is 5.69 Å². The molecular weight excluding hydrogens is 424 g/mol. The van der Waals surface area contributed by atoms with E-state index < -0.39 is 12.0 Å². The third-order valence-corrected chi connectivity index (χ3v) is 4.96. The summed E-state index contributed by atoms with van der Waals surface area (Å²) in [5.41, 5.74) is 2.07. The molecule has 2 amide bonds. The van der Waals surface area contributed by atoms with Crippen molar-refractivity contribution in [2.75, 3.05) is 12.4 Å². The average molecular weight is 447 g/mol. The maximum absolute atomic E-state index is 12.9. The van der Waals surface area contributed by atoms with Gasteiger partial charge in [0.25, 0.3) is 5.91 Å². The molecule has 0 saturated heterocycles. The molecule has 0 aliphatic carbocycles. The Morgan fingerprint density at radius 1 is 1.07 bits per heavy atom. The summed E-state index contributed by atoms with van der Waals surface area (Å²) in [5.74, 6) is -1.34. The SMILES string of the molecule is COC(=O)c1ccc(C)c(NC(=O)C(NC(=O)c2ccccc2Br)C(C)C)c1. The zero-order valence-electron chi connectivity index (χ0n) is 16.2. The largest absolute Gasteiger partial charge is 0.465 e. The van der Waals surface area contributed by atoms with Crippen LogP contribution in [0.15, 0.2) is 46.9 Å². The first kappa shape index (κ1) is 21.6. The van der Waals surface area contributed by atoms with E-state index in [1.165, 1.54) is 7.11 Å². The minimum atomic E-state index is -0.749. The van der Waals surface area contributed by atoms with Gasteiger partial charge in [0.2, 0.25) is 5.91 Å². The van der Waals surface area contributed by atoms with E-state index in [1.807, 2.05) is 26.8 Å². The first-order valence-corrected chi connectivity index (χ1v) is 9.59. The van der Waals surface area contributed by atoms with Gasteiger partial charge >= 0.3 is 5.97 Å². The van der Waals surface area contributed by atoms with Crippen molar-refractivity contribution in [1.82, 2.24) is 5.32 Å². The topological polar surface area (TPSA) is 84.5 Å². The van der Waals surface area contributed by atoms with Crippen molar-refractivity contribution in [1.29, 1.82) is 0 Å². The molecule has 0 saturated carbocycles. The van der Waals surface area contributed by atoms with Crippen LogP contribution in [0.3, 0.4) is 0 Å². The normalized spacial score (nSPS) is 11.6. The molecule has 0 aromatic heterocycles. The van der Waals surface area contributed by atoms with Crippen molar-refractivity contribution in [3.63, 3.8) is 0 Å². The molecule has 2 aromatic rings. The first-order valence-electron chi connectivity index (χ1n) is 8.79. The molecule has 1 unspecified atom stereocenters. The summed E-state index contributed by atoms with van der Waals surface area (Å²) in [4.78, 5) is 37.2. The highest BCUT2D eigenvalue weighted by Crippen LogP contribution is 2.20. The number of carbonyl (C=O) groups is 3. The zero-order chi connectivity index (χ0) is 20.8. The molecule has 28 heavy (non-hydrogen) atoms. The van der Waals surface area contributed by atoms with Gasteiger partial charge in [0.1, 0.15) is 6.04 Å². The molecule has 2 N–H and O–H groups in total. The van der Waals surface area contributed by atoms with Crippen molar-refractivity contribution < 1.29 is 19.1 Å². The van der Waals surface area contributed by atoms with Crippen molar-refractivity contribution in [3.05, 3.63) is 63.6 Å². The number of anilines is 1. The number of methoxy groups -OCH3 is 1. The van der Waals surface area contributed by atoms with E-state index in [0.717, 1.165) is 5.56 Å². The molecule has 0 bridgehead atoms. The fraction of sp³-hybridized carbons (Fsp3) is 0.286. The van der Waals surface area contributed by atoms with E-state index in [9.17, 15) is 14.4 Å². The number of nitrogens with one attached hydrogen (secondary N) is 2. The van der Waals surface area contributed by atoms with Crippen LogP contribution in [0, 0.1) is 12.8 Å². The summed E-state index contributed by atoms with van der Waals surface area (Å²) in [6, 6.07) is 11.2. The van der Waals surface area contributed by atoms with Gasteiger partial charge in [-0.3, -0.25) is 9.59 Å². The molecule has 0 aliphatic rings. The number of hydrogen-bond acceptors (Lipinski definition) is 4. The Bertz CT molecular complexity index is 896. The Kier molecular flexibility index (Phi) is 7.34. The third kappa shape index (κ3) is 5.19. The smallest absolute Gasteiger partial charge is 0.337 e. The summed E-state index contributed by atoms with van der Waals surface area (Å²) in [6.07, 6.45) is 0. The summed E-state index contributed by atoms with van der Waals surface area (Å²) >= 11 is 3.35. The molecule has 7 heteroatoms. The van der Waals surface area contributed by atoms with Crippen LogP contribution in [-0.2, 0) is 9.53 Å². The number of amides is 2. The fourth-order valence-corrected chi connectivity index (χ4v) is 3.08. The number of rotatable bonds is 6. The predicted octanol–water partition coefficient (Wildman–Crippen LogP) is 3.94. The second kappa shape index (κ2) is 9.50. The van der Waals surface area contributed by atoms with Gasteiger partial charge in [0.05, 0.1) is 18.2 Å². The van der Waals surface area contributed by atoms with Gasteiger partial charge in [-0.1, -0.05) is 32.0 Å². The van der Waals surface area contributed by atoms with Crippen molar-refractivity contribution >= 4 is 39.4 Å². The molecule has 1 atom stereocenters. The summed E-state index contributed by atoms with van der Waals surface area (Å²) < 4.78 is 5.37. The van der Waals surface area contributed by atoms with Crippen molar-refractivity contribution in [2.45, 2.75) is 26.8 Å². The van der Waals surface area contributed by atoms with Gasteiger partial charge in [-0.15, -0.1) is 0 Å². The molecule has 2 rings (SSSR count). The average Bonchev–Trinajstić information content (AvgIpc) is 2.66. The van der Waals surface area contributed by atoms with E-state index in [4.69, 9.17) is 4.74 Å². The Hall–Kier alpha value is -2.67. The number of carbonyl (C=O) groups excluding carboxylic acids is 3. The van der Waals surface area contributed by atoms with Gasteiger partial charge < -0.3 is 15.4 Å². The molecule has 0 aliphatic heterocycles. The Morgan fingerprint density at radius 3 is 2.36 bits per heavy atom. The summed E-state index contributed by atoms with van der Waals surface area (Å²) in [7, 11) is 1.30. The molecule has 0 spiro atoms. The molecule has 6 nitrogen and oxygen atoms in total. The van der Waals surface area contributed by atoms with Crippen LogP contribution < -0.4 is 10.6 Å². The summed E-state index contributed by atoms with van der Waals surface area (Å²) in [5, 5.41) is 5.60. The molecule has 148 valence electrons. The van der Waals surface area contributed by atoms with Crippen LogP contribution in [0.25, 0.3) is 0 Å². The van der Waals surface area contributed by atoms with Crippen LogP contribution >= 0.6 is 15.9 Å². The Balaban J connectivity index is 2.21. The molecule has 0 fully saturated rings. The lowest BCUT2D eigenvalue weighted by molar-refractivity contribution is -0.118. The van der Waals surface area contributed by atoms with Gasteiger partial charge in [-0.05, 0) is 58.6 Å². The highest BCUT2D eigenvalue weighted by atomic mass is 79.9. The van der Waals surface area contributed by atoms with E-state index in [1.54, 1.807) is 36.4 Å². The van der Waals surface area contributed by atoms with E-state index in [-0.39, 0.29) is 17.7 Å². The number of benzene rings is 2. The number of ether oxygens (including phenoxy) is 1. The van der Waals surface area contributed by atoms with Crippen molar-refractivity contribution in [3.8, 4) is 0 Å². The Morgan fingerprint density at radius 2 is 1.75 bits per heavy atom. The standard InChI is InChI=1S/C21H23BrN2O4/c1-12(2)18(24-19(25)15-7-5-6-8-16(15)22)20(26)23-17-11-14(21(27)28-4)10-9-13(17)3/h5-12,18H,1-4H3,(H,23,26)(H,24,25). The molecule has 2 aromatic carbocycles. The lowest BCUT2D eigenvalue weighted by Gasteiger charge is -2.22.